The first-order valence-electron chi connectivity index (χ1n) is 7.36. The van der Waals surface area contributed by atoms with Crippen LogP contribution < -0.4 is 14.8 Å². The second kappa shape index (κ2) is 7.50. The Morgan fingerprint density at radius 2 is 1.83 bits per heavy atom. The molecule has 126 valence electrons. The molecule has 0 aliphatic rings. The van der Waals surface area contributed by atoms with E-state index in [9.17, 15) is 9.90 Å². The van der Waals surface area contributed by atoms with Crippen molar-refractivity contribution in [3.8, 4) is 17.2 Å². The van der Waals surface area contributed by atoms with Crippen molar-refractivity contribution < 1.29 is 19.4 Å². The average molecular weight is 328 g/mol. The number of aryl methyl sites for hydroxylation is 2. The molecule has 0 atom stereocenters. The third-order valence-corrected chi connectivity index (χ3v) is 3.45. The van der Waals surface area contributed by atoms with E-state index in [2.05, 4.69) is 10.3 Å². The Morgan fingerprint density at radius 1 is 1.17 bits per heavy atom. The van der Waals surface area contributed by atoms with Crippen LogP contribution >= 0.6 is 0 Å². The highest BCUT2D eigenvalue weighted by molar-refractivity contribution is 5.86. The van der Waals surface area contributed by atoms with Crippen LogP contribution in [0.25, 0.3) is 0 Å². The number of phenolic OH excluding ortho intramolecular Hbond substituents is 1. The molecule has 2 aromatic carbocycles. The minimum Gasteiger partial charge on any atom is -0.507 e. The van der Waals surface area contributed by atoms with E-state index in [1.807, 2.05) is 13.8 Å². The first-order valence-corrected chi connectivity index (χ1v) is 7.36. The normalized spacial score (nSPS) is 10.7. The number of aromatic hydroxyl groups is 1. The number of hydrogen-bond acceptors (Lipinski definition) is 5. The average Bonchev–Trinajstić information content (AvgIpc) is 2.55. The van der Waals surface area contributed by atoms with Gasteiger partial charge in [0, 0.05) is 18.8 Å². The predicted octanol–water partition coefficient (Wildman–Crippen LogP) is 3.49. The molecule has 2 rings (SSSR count). The fraction of sp³-hybridized carbons (Fsp3) is 0.222. The quantitative estimate of drug-likeness (QED) is 0.842. The molecule has 0 aliphatic carbocycles. The van der Waals surface area contributed by atoms with Gasteiger partial charge in [-0.1, -0.05) is 0 Å². The number of benzene rings is 2. The number of hydrogen-bond donors (Lipinski definition) is 2. The van der Waals surface area contributed by atoms with Gasteiger partial charge >= 0.3 is 6.09 Å². The first-order chi connectivity index (χ1) is 11.4. The molecule has 2 N–H and O–H groups in total. The fourth-order valence-corrected chi connectivity index (χ4v) is 2.23. The van der Waals surface area contributed by atoms with Crippen molar-refractivity contribution in [2.75, 3.05) is 14.2 Å². The lowest BCUT2D eigenvalue weighted by atomic mass is 10.1. The lowest BCUT2D eigenvalue weighted by Gasteiger charge is -2.09. The van der Waals surface area contributed by atoms with Gasteiger partial charge < -0.3 is 19.9 Å². The summed E-state index contributed by atoms with van der Waals surface area (Å²) in [5, 5.41) is 12.3. The van der Waals surface area contributed by atoms with Gasteiger partial charge in [-0.2, -0.15) is 0 Å². The highest BCUT2D eigenvalue weighted by atomic mass is 16.5. The largest absolute Gasteiger partial charge is 0.507 e. The summed E-state index contributed by atoms with van der Waals surface area (Å²) in [4.78, 5) is 15.8. The molecule has 0 fully saturated rings. The molecule has 0 aromatic heterocycles. The van der Waals surface area contributed by atoms with E-state index in [1.54, 1.807) is 43.7 Å². The summed E-state index contributed by atoms with van der Waals surface area (Å²) in [5.41, 5.74) is 3.01. The molecule has 0 radical (unpaired) electrons. The molecular formula is C18H20N2O4. The number of carbonyl (C=O) groups excluding carboxylic acids is 1. The van der Waals surface area contributed by atoms with Crippen LogP contribution in [0.3, 0.4) is 0 Å². The van der Waals surface area contributed by atoms with Gasteiger partial charge in [-0.05, 0) is 55.3 Å². The Labute approximate surface area is 140 Å². The summed E-state index contributed by atoms with van der Waals surface area (Å²) < 4.78 is 10.3. The molecule has 24 heavy (non-hydrogen) atoms. The monoisotopic (exact) mass is 328 g/mol. The molecule has 0 spiro atoms. The molecular weight excluding hydrogens is 308 g/mol. The smallest absolute Gasteiger partial charge is 0.412 e. The van der Waals surface area contributed by atoms with E-state index in [0.29, 0.717) is 17.1 Å². The Morgan fingerprint density at radius 3 is 2.42 bits per heavy atom. The molecule has 0 saturated carbocycles. The molecule has 0 aliphatic heterocycles. The van der Waals surface area contributed by atoms with Crippen LogP contribution in [-0.2, 0) is 0 Å². The summed E-state index contributed by atoms with van der Waals surface area (Å²) in [7, 11) is 3.06. The minimum absolute atomic E-state index is 0.120. The lowest BCUT2D eigenvalue weighted by molar-refractivity contribution is 0.203. The van der Waals surface area contributed by atoms with Gasteiger partial charge in [-0.3, -0.25) is 4.99 Å². The maximum atomic E-state index is 11.3. The van der Waals surface area contributed by atoms with Gasteiger partial charge in [-0.25, -0.2) is 4.79 Å². The van der Waals surface area contributed by atoms with Crippen molar-refractivity contribution >= 4 is 18.0 Å². The minimum atomic E-state index is -0.522. The summed E-state index contributed by atoms with van der Waals surface area (Å²) in [6, 6.07) is 8.40. The van der Waals surface area contributed by atoms with Crippen LogP contribution in [0, 0.1) is 13.8 Å². The van der Waals surface area contributed by atoms with E-state index in [1.165, 1.54) is 7.05 Å². The van der Waals surface area contributed by atoms with Crippen molar-refractivity contribution in [3.63, 3.8) is 0 Å². The van der Waals surface area contributed by atoms with E-state index >= 15 is 0 Å². The zero-order valence-electron chi connectivity index (χ0n) is 14.1. The van der Waals surface area contributed by atoms with Crippen molar-refractivity contribution in [2.45, 2.75) is 13.8 Å². The number of ether oxygens (including phenoxy) is 2. The van der Waals surface area contributed by atoms with Gasteiger partial charge in [-0.15, -0.1) is 0 Å². The maximum absolute atomic E-state index is 11.3. The first kappa shape index (κ1) is 17.3. The third-order valence-electron chi connectivity index (χ3n) is 3.45. The fourth-order valence-electron chi connectivity index (χ4n) is 2.23. The summed E-state index contributed by atoms with van der Waals surface area (Å²) in [6.07, 6.45) is 1.05. The molecule has 0 unspecified atom stereocenters. The second-order valence-corrected chi connectivity index (χ2v) is 5.23. The van der Waals surface area contributed by atoms with E-state index in [4.69, 9.17) is 9.47 Å². The van der Waals surface area contributed by atoms with Crippen molar-refractivity contribution in [2.24, 2.45) is 4.99 Å². The van der Waals surface area contributed by atoms with Gasteiger partial charge in [0.1, 0.15) is 17.2 Å². The molecule has 0 heterocycles. The maximum Gasteiger partial charge on any atom is 0.412 e. The third kappa shape index (κ3) is 4.04. The van der Waals surface area contributed by atoms with Crippen LogP contribution in [0.2, 0.25) is 0 Å². The van der Waals surface area contributed by atoms with Gasteiger partial charge in [0.25, 0.3) is 0 Å². The summed E-state index contributed by atoms with van der Waals surface area (Å²) in [5.74, 6) is 1.21. The number of amides is 1. The van der Waals surface area contributed by atoms with E-state index in [0.717, 1.165) is 16.8 Å². The van der Waals surface area contributed by atoms with Crippen molar-refractivity contribution in [3.05, 3.63) is 47.0 Å². The Bertz CT molecular complexity index is 762. The van der Waals surface area contributed by atoms with Crippen LogP contribution in [-0.4, -0.2) is 31.6 Å². The number of nitrogens with zero attached hydrogens (tertiary/aromatic N) is 1. The van der Waals surface area contributed by atoms with Crippen molar-refractivity contribution in [1.29, 1.82) is 0 Å². The summed E-state index contributed by atoms with van der Waals surface area (Å²) >= 11 is 0. The standard InChI is InChI=1S/C18H20N2O4/c1-11-7-15(24-18(22)19-3)8-12(2)17(11)20-10-13-9-14(23-4)5-6-16(13)21/h5-10,21H,1-4H3,(H,19,22). The van der Waals surface area contributed by atoms with Crippen LogP contribution in [0.5, 0.6) is 17.2 Å². The van der Waals surface area contributed by atoms with Gasteiger partial charge in [0.2, 0.25) is 0 Å². The Kier molecular flexibility index (Phi) is 5.42. The Hall–Kier alpha value is -3.02. The zero-order chi connectivity index (χ0) is 17.7. The van der Waals surface area contributed by atoms with Crippen LogP contribution in [0.4, 0.5) is 10.5 Å². The van der Waals surface area contributed by atoms with Crippen LogP contribution in [0.15, 0.2) is 35.3 Å². The van der Waals surface area contributed by atoms with Gasteiger partial charge in [0.15, 0.2) is 0 Å². The van der Waals surface area contributed by atoms with E-state index < -0.39 is 6.09 Å². The molecule has 0 bridgehead atoms. The number of rotatable bonds is 4. The highest BCUT2D eigenvalue weighted by Crippen LogP contribution is 2.29. The molecule has 6 heteroatoms. The molecule has 0 saturated heterocycles. The van der Waals surface area contributed by atoms with Crippen molar-refractivity contribution in [1.82, 2.24) is 5.32 Å². The van der Waals surface area contributed by atoms with Crippen LogP contribution in [0.1, 0.15) is 16.7 Å². The second-order valence-electron chi connectivity index (χ2n) is 5.23. The Balaban J connectivity index is 2.31. The number of carbonyl (C=O) groups is 1. The summed E-state index contributed by atoms with van der Waals surface area (Å²) in [6.45, 7) is 3.75. The zero-order valence-corrected chi connectivity index (χ0v) is 14.1. The predicted molar refractivity (Wildman–Crippen MR) is 92.9 cm³/mol. The molecule has 2 aromatic rings. The van der Waals surface area contributed by atoms with Gasteiger partial charge in [0.05, 0.1) is 12.8 Å². The lowest BCUT2D eigenvalue weighted by Crippen LogP contribution is -2.22. The molecule has 6 nitrogen and oxygen atoms in total. The SMILES string of the molecule is CNC(=O)Oc1cc(C)c(N=Cc2cc(OC)ccc2O)c(C)c1. The number of methoxy groups -OCH3 is 1. The number of aliphatic imine (C=N–C) groups is 1. The number of nitrogens with one attached hydrogen (secondary N) is 1. The topological polar surface area (TPSA) is 80.2 Å². The van der Waals surface area contributed by atoms with E-state index in [-0.39, 0.29) is 5.75 Å². The highest BCUT2D eigenvalue weighted by Gasteiger charge is 2.08. The number of phenols is 1. The molecule has 1 amide bonds.